The highest BCUT2D eigenvalue weighted by atomic mass is 19.1. The van der Waals surface area contributed by atoms with Crippen molar-refractivity contribution in [1.29, 1.82) is 0 Å². The van der Waals surface area contributed by atoms with Crippen molar-refractivity contribution in [3.05, 3.63) is 83.6 Å². The van der Waals surface area contributed by atoms with E-state index in [1.165, 1.54) is 12.1 Å². The summed E-state index contributed by atoms with van der Waals surface area (Å²) >= 11 is 0. The van der Waals surface area contributed by atoms with Crippen LogP contribution < -0.4 is 4.74 Å². The van der Waals surface area contributed by atoms with E-state index in [1.54, 1.807) is 13.2 Å². The molecule has 170 valence electrons. The number of aromatic hydroxyl groups is 1. The van der Waals surface area contributed by atoms with Gasteiger partial charge in [0.15, 0.2) is 17.1 Å². The van der Waals surface area contributed by atoms with Gasteiger partial charge in [0.1, 0.15) is 17.2 Å². The van der Waals surface area contributed by atoms with E-state index in [2.05, 4.69) is 14.5 Å². The van der Waals surface area contributed by atoms with E-state index in [0.717, 1.165) is 60.6 Å². The molecule has 0 bridgehead atoms. The Kier molecular flexibility index (Phi) is 5.96. The summed E-state index contributed by atoms with van der Waals surface area (Å²) in [4.78, 5) is 11.9. The molecule has 0 saturated carbocycles. The van der Waals surface area contributed by atoms with Crippen molar-refractivity contribution in [2.45, 2.75) is 31.8 Å². The third-order valence-electron chi connectivity index (χ3n) is 6.37. The van der Waals surface area contributed by atoms with Crippen LogP contribution in [0.4, 0.5) is 4.39 Å². The number of benzene rings is 2. The number of fused-ring (bicyclic) bond motifs is 1. The molecule has 0 spiro atoms. The first-order valence-corrected chi connectivity index (χ1v) is 11.2. The highest BCUT2D eigenvalue weighted by Gasteiger charge is 2.25. The fourth-order valence-electron chi connectivity index (χ4n) is 4.68. The molecule has 4 aromatic rings. The highest BCUT2D eigenvalue weighted by Crippen LogP contribution is 2.31. The Bertz CT molecular complexity index is 1250. The fourth-order valence-corrected chi connectivity index (χ4v) is 4.68. The number of methoxy groups -OCH3 is 1. The summed E-state index contributed by atoms with van der Waals surface area (Å²) in [6.07, 6.45) is 4.45. The lowest BCUT2D eigenvalue weighted by molar-refractivity contribution is 0.179. The van der Waals surface area contributed by atoms with Gasteiger partial charge in [-0.15, -0.1) is 0 Å². The molecular formula is C26H27FN4O2. The number of halogens is 1. The van der Waals surface area contributed by atoms with Gasteiger partial charge in [0, 0.05) is 38.3 Å². The molecule has 1 saturated heterocycles. The molecular weight excluding hydrogens is 419 g/mol. The van der Waals surface area contributed by atoms with Crippen LogP contribution >= 0.6 is 0 Å². The Morgan fingerprint density at radius 1 is 1.06 bits per heavy atom. The van der Waals surface area contributed by atoms with E-state index in [-0.39, 0.29) is 11.6 Å². The summed E-state index contributed by atoms with van der Waals surface area (Å²) in [6.45, 7) is 2.72. The van der Waals surface area contributed by atoms with Crippen LogP contribution in [0, 0.1) is 5.82 Å². The van der Waals surface area contributed by atoms with Crippen LogP contribution in [0.15, 0.2) is 60.8 Å². The Labute approximate surface area is 192 Å². The number of pyridine rings is 1. The Hall–Kier alpha value is -3.45. The number of hydrogen-bond donors (Lipinski definition) is 1. The SMILES string of the molecule is COc1cc(CN2CCC(n3c(Cc4ccc(F)cc4)nc4cccnc43)CC2)ccc1O. The number of hydrogen-bond acceptors (Lipinski definition) is 5. The van der Waals surface area contributed by atoms with Gasteiger partial charge in [0.2, 0.25) is 0 Å². The molecule has 0 amide bonds. The van der Waals surface area contributed by atoms with E-state index in [4.69, 9.17) is 9.72 Å². The van der Waals surface area contributed by atoms with Crippen molar-refractivity contribution in [1.82, 2.24) is 19.4 Å². The predicted octanol–water partition coefficient (Wildman–Crippen LogP) is 4.71. The van der Waals surface area contributed by atoms with Crippen molar-refractivity contribution >= 4 is 11.2 Å². The first-order valence-electron chi connectivity index (χ1n) is 11.2. The van der Waals surface area contributed by atoms with E-state index in [0.29, 0.717) is 18.2 Å². The summed E-state index contributed by atoms with van der Waals surface area (Å²) in [5, 5.41) is 9.84. The molecule has 5 rings (SSSR count). The van der Waals surface area contributed by atoms with E-state index < -0.39 is 0 Å². The largest absolute Gasteiger partial charge is 0.504 e. The number of imidazole rings is 1. The Morgan fingerprint density at radius 2 is 1.82 bits per heavy atom. The molecule has 0 atom stereocenters. The van der Waals surface area contributed by atoms with E-state index in [1.807, 2.05) is 42.6 Å². The predicted molar refractivity (Wildman–Crippen MR) is 125 cm³/mol. The second-order valence-corrected chi connectivity index (χ2v) is 8.56. The van der Waals surface area contributed by atoms with Gasteiger partial charge in [-0.1, -0.05) is 18.2 Å². The fraction of sp³-hybridized carbons (Fsp3) is 0.308. The molecule has 1 aliphatic heterocycles. The number of phenols is 1. The molecule has 2 aromatic heterocycles. The number of piperidine rings is 1. The van der Waals surface area contributed by atoms with E-state index >= 15 is 0 Å². The molecule has 0 unspecified atom stereocenters. The first-order chi connectivity index (χ1) is 16.1. The summed E-state index contributed by atoms with van der Waals surface area (Å²) in [6, 6.07) is 16.4. The van der Waals surface area contributed by atoms with Crippen molar-refractivity contribution in [3.8, 4) is 11.5 Å². The summed E-state index contributed by atoms with van der Waals surface area (Å²) in [5.74, 6) is 1.40. The number of ether oxygens (including phenoxy) is 1. The number of nitrogens with zero attached hydrogens (tertiary/aromatic N) is 4. The topological polar surface area (TPSA) is 63.4 Å². The maximum Gasteiger partial charge on any atom is 0.160 e. The number of rotatable bonds is 6. The van der Waals surface area contributed by atoms with E-state index in [9.17, 15) is 9.50 Å². The van der Waals surface area contributed by atoms with Gasteiger partial charge in [0.05, 0.1) is 7.11 Å². The van der Waals surface area contributed by atoms with Gasteiger partial charge < -0.3 is 14.4 Å². The van der Waals surface area contributed by atoms with Crippen LogP contribution in [0.3, 0.4) is 0 Å². The van der Waals surface area contributed by atoms with Crippen molar-refractivity contribution < 1.29 is 14.2 Å². The normalized spacial score (nSPS) is 15.2. The molecule has 3 heterocycles. The zero-order valence-electron chi connectivity index (χ0n) is 18.6. The van der Waals surface area contributed by atoms with Gasteiger partial charge in [-0.25, -0.2) is 14.4 Å². The minimum absolute atomic E-state index is 0.160. The molecule has 1 aliphatic rings. The molecule has 1 fully saturated rings. The van der Waals surface area contributed by atoms with Crippen LogP contribution in [-0.4, -0.2) is 44.7 Å². The number of phenolic OH excluding ortho intramolecular Hbond substituents is 1. The molecule has 0 radical (unpaired) electrons. The standard InChI is InChI=1S/C26H27FN4O2/c1-33-24-15-19(6-9-23(24)32)17-30-13-10-21(11-14-30)31-25(16-18-4-7-20(27)8-5-18)29-22-3-2-12-28-26(22)31/h2-9,12,15,21,32H,10-11,13-14,16-17H2,1H3. The third-order valence-corrected chi connectivity index (χ3v) is 6.37. The second-order valence-electron chi connectivity index (χ2n) is 8.56. The maximum absolute atomic E-state index is 13.4. The van der Waals surface area contributed by atoms with Gasteiger partial charge in [-0.3, -0.25) is 4.90 Å². The summed E-state index contributed by atoms with van der Waals surface area (Å²) < 4.78 is 20.9. The van der Waals surface area contributed by atoms with Crippen LogP contribution in [-0.2, 0) is 13.0 Å². The van der Waals surface area contributed by atoms with Gasteiger partial charge in [0.25, 0.3) is 0 Å². The van der Waals surface area contributed by atoms with Gasteiger partial charge in [-0.05, 0) is 60.4 Å². The van der Waals surface area contributed by atoms with Crippen molar-refractivity contribution in [2.24, 2.45) is 0 Å². The van der Waals surface area contributed by atoms with Crippen LogP contribution in [0.1, 0.15) is 35.8 Å². The molecule has 6 nitrogen and oxygen atoms in total. The molecule has 1 N–H and O–H groups in total. The van der Waals surface area contributed by atoms with Crippen LogP contribution in [0.5, 0.6) is 11.5 Å². The van der Waals surface area contributed by atoms with Crippen LogP contribution in [0.2, 0.25) is 0 Å². The first kappa shape index (κ1) is 21.4. The van der Waals surface area contributed by atoms with Gasteiger partial charge in [-0.2, -0.15) is 0 Å². The number of aromatic nitrogens is 3. The lowest BCUT2D eigenvalue weighted by Crippen LogP contribution is -2.34. The second kappa shape index (κ2) is 9.19. The third kappa shape index (κ3) is 4.54. The quantitative estimate of drug-likeness (QED) is 0.465. The van der Waals surface area contributed by atoms with Crippen LogP contribution in [0.25, 0.3) is 11.2 Å². The monoisotopic (exact) mass is 446 g/mol. The Morgan fingerprint density at radius 3 is 2.58 bits per heavy atom. The van der Waals surface area contributed by atoms with Gasteiger partial charge >= 0.3 is 0 Å². The molecule has 2 aromatic carbocycles. The molecule has 7 heteroatoms. The zero-order chi connectivity index (χ0) is 22.8. The average molecular weight is 447 g/mol. The summed E-state index contributed by atoms with van der Waals surface area (Å²) in [5.41, 5.74) is 3.96. The minimum atomic E-state index is -0.229. The smallest absolute Gasteiger partial charge is 0.160 e. The lowest BCUT2D eigenvalue weighted by Gasteiger charge is -2.33. The molecule has 33 heavy (non-hydrogen) atoms. The zero-order valence-corrected chi connectivity index (χ0v) is 18.6. The summed E-state index contributed by atoms with van der Waals surface area (Å²) in [7, 11) is 1.57. The maximum atomic E-state index is 13.4. The molecule has 0 aliphatic carbocycles. The average Bonchev–Trinajstić information content (AvgIpc) is 3.20. The van der Waals surface area contributed by atoms with Crippen molar-refractivity contribution in [3.63, 3.8) is 0 Å². The Balaban J connectivity index is 1.34. The highest BCUT2D eigenvalue weighted by molar-refractivity contribution is 5.71. The lowest BCUT2D eigenvalue weighted by atomic mass is 10.0. The minimum Gasteiger partial charge on any atom is -0.504 e. The van der Waals surface area contributed by atoms with Crippen molar-refractivity contribution in [2.75, 3.05) is 20.2 Å². The number of likely N-dealkylation sites (tertiary alicyclic amines) is 1.